The van der Waals surface area contributed by atoms with Crippen molar-refractivity contribution in [2.45, 2.75) is 50.1 Å². The Bertz CT molecular complexity index is 1350. The van der Waals surface area contributed by atoms with Crippen molar-refractivity contribution < 1.29 is 17.6 Å². The first kappa shape index (κ1) is 21.0. The Labute approximate surface area is 186 Å². The lowest BCUT2D eigenvalue weighted by molar-refractivity contribution is -0.119. The molecule has 0 unspecified atom stereocenters. The molecule has 32 heavy (non-hydrogen) atoms. The van der Waals surface area contributed by atoms with E-state index in [1.54, 1.807) is 11.0 Å². The van der Waals surface area contributed by atoms with Crippen LogP contribution < -0.4 is 10.7 Å². The Morgan fingerprint density at radius 2 is 1.84 bits per heavy atom. The number of piperidine rings is 1. The average Bonchev–Trinajstić information content (AvgIpc) is 3.29. The van der Waals surface area contributed by atoms with Crippen molar-refractivity contribution in [3.8, 4) is 0 Å². The molecule has 2 aromatic carbocycles. The van der Waals surface area contributed by atoms with E-state index < -0.39 is 15.8 Å². The molecular weight excluding hydrogens is 430 g/mol. The minimum Gasteiger partial charge on any atom is -0.408 e. The summed E-state index contributed by atoms with van der Waals surface area (Å²) in [5, 5.41) is 0. The summed E-state index contributed by atoms with van der Waals surface area (Å²) in [6.07, 6.45) is 3.47. The van der Waals surface area contributed by atoms with Crippen LogP contribution in [0.5, 0.6) is 0 Å². The van der Waals surface area contributed by atoms with Crippen LogP contribution in [0.3, 0.4) is 0 Å². The lowest BCUT2D eigenvalue weighted by Gasteiger charge is -2.25. The SMILES string of the molecule is C[C@H]1Cc2ccccc2N1C(=O)Cn1c(=O)oc2cc(S(=O)(=O)N3CCCCC3)ccc21. The van der Waals surface area contributed by atoms with Gasteiger partial charge in [0.2, 0.25) is 15.9 Å². The fourth-order valence-electron chi connectivity index (χ4n) is 4.77. The molecule has 0 bridgehead atoms. The van der Waals surface area contributed by atoms with Gasteiger partial charge in [-0.3, -0.25) is 9.36 Å². The van der Waals surface area contributed by atoms with Gasteiger partial charge in [-0.15, -0.1) is 0 Å². The Hall–Kier alpha value is -2.91. The number of aromatic nitrogens is 1. The largest absolute Gasteiger partial charge is 0.420 e. The number of sulfonamides is 1. The molecule has 1 amide bonds. The molecule has 0 spiro atoms. The number of oxazole rings is 1. The van der Waals surface area contributed by atoms with Gasteiger partial charge in [0, 0.05) is 30.9 Å². The summed E-state index contributed by atoms with van der Waals surface area (Å²) in [5.74, 6) is -0.890. The van der Waals surface area contributed by atoms with Crippen molar-refractivity contribution >= 4 is 32.7 Å². The van der Waals surface area contributed by atoms with Crippen molar-refractivity contribution in [2.75, 3.05) is 18.0 Å². The van der Waals surface area contributed by atoms with Crippen LogP contribution >= 0.6 is 0 Å². The molecule has 9 heteroatoms. The number of hydrogen-bond acceptors (Lipinski definition) is 5. The normalized spacial score (nSPS) is 19.4. The summed E-state index contributed by atoms with van der Waals surface area (Å²) in [6.45, 7) is 2.79. The third-order valence-electron chi connectivity index (χ3n) is 6.36. The Morgan fingerprint density at radius 3 is 2.62 bits per heavy atom. The Balaban J connectivity index is 1.45. The maximum atomic E-state index is 13.1. The van der Waals surface area contributed by atoms with Crippen LogP contribution in [-0.4, -0.2) is 42.3 Å². The molecule has 0 aliphatic carbocycles. The average molecular weight is 456 g/mol. The van der Waals surface area contributed by atoms with Gasteiger partial charge in [-0.2, -0.15) is 4.31 Å². The van der Waals surface area contributed by atoms with Crippen LogP contribution in [-0.2, 0) is 27.8 Å². The van der Waals surface area contributed by atoms with Crippen LogP contribution in [0.1, 0.15) is 31.7 Å². The van der Waals surface area contributed by atoms with E-state index in [-0.39, 0.29) is 29.0 Å². The summed E-state index contributed by atoms with van der Waals surface area (Å²) in [7, 11) is -3.65. The second-order valence-electron chi connectivity index (χ2n) is 8.49. The first-order chi connectivity index (χ1) is 15.4. The second-order valence-corrected chi connectivity index (χ2v) is 10.4. The number of rotatable bonds is 4. The number of para-hydroxylation sites is 1. The lowest BCUT2D eigenvalue weighted by atomic mass is 10.1. The maximum absolute atomic E-state index is 13.1. The van der Waals surface area contributed by atoms with Gasteiger partial charge in [0.1, 0.15) is 6.54 Å². The zero-order chi connectivity index (χ0) is 22.5. The van der Waals surface area contributed by atoms with Crippen molar-refractivity contribution in [3.05, 3.63) is 58.6 Å². The molecule has 0 N–H and O–H groups in total. The molecule has 1 atom stereocenters. The molecule has 168 valence electrons. The summed E-state index contributed by atoms with van der Waals surface area (Å²) < 4.78 is 34.0. The van der Waals surface area contributed by atoms with E-state index in [0.29, 0.717) is 18.6 Å². The smallest absolute Gasteiger partial charge is 0.408 e. The van der Waals surface area contributed by atoms with E-state index in [1.165, 1.54) is 21.0 Å². The van der Waals surface area contributed by atoms with Crippen LogP contribution in [0.2, 0.25) is 0 Å². The summed E-state index contributed by atoms with van der Waals surface area (Å²) in [5.41, 5.74) is 2.53. The lowest BCUT2D eigenvalue weighted by Crippen LogP contribution is -2.39. The number of anilines is 1. The number of carbonyl (C=O) groups excluding carboxylic acids is 1. The highest BCUT2D eigenvalue weighted by atomic mass is 32.2. The van der Waals surface area contributed by atoms with E-state index in [9.17, 15) is 18.0 Å². The minimum absolute atomic E-state index is 0.00458. The molecule has 0 radical (unpaired) electrons. The molecule has 5 rings (SSSR count). The predicted octanol–water partition coefficient (Wildman–Crippen LogP) is 2.75. The molecule has 1 saturated heterocycles. The van der Waals surface area contributed by atoms with Crippen LogP contribution in [0, 0.1) is 0 Å². The van der Waals surface area contributed by atoms with Gasteiger partial charge in [-0.25, -0.2) is 13.2 Å². The summed E-state index contributed by atoms with van der Waals surface area (Å²) >= 11 is 0. The van der Waals surface area contributed by atoms with Gasteiger partial charge in [-0.1, -0.05) is 24.6 Å². The first-order valence-electron chi connectivity index (χ1n) is 10.9. The Morgan fingerprint density at radius 1 is 1.09 bits per heavy atom. The standard InChI is InChI=1S/C23H25N3O5S/c1-16-13-17-7-3-4-8-19(17)26(16)22(27)15-25-20-10-9-18(14-21(20)31-23(25)28)32(29,30)24-11-5-2-6-12-24/h3-4,7-10,14,16H,2,5-6,11-13,15H2,1H3/t16-/m0/s1. The fraction of sp³-hybridized carbons (Fsp3) is 0.391. The zero-order valence-electron chi connectivity index (χ0n) is 17.9. The maximum Gasteiger partial charge on any atom is 0.420 e. The van der Waals surface area contributed by atoms with Crippen molar-refractivity contribution in [3.63, 3.8) is 0 Å². The van der Waals surface area contributed by atoms with Gasteiger partial charge in [0.15, 0.2) is 5.58 Å². The van der Waals surface area contributed by atoms with Crippen LogP contribution in [0.25, 0.3) is 11.1 Å². The van der Waals surface area contributed by atoms with E-state index in [0.717, 1.165) is 36.9 Å². The van der Waals surface area contributed by atoms with Gasteiger partial charge in [0.05, 0.1) is 10.4 Å². The van der Waals surface area contributed by atoms with E-state index in [4.69, 9.17) is 4.42 Å². The third-order valence-corrected chi connectivity index (χ3v) is 8.26. The number of fused-ring (bicyclic) bond motifs is 2. The number of benzene rings is 2. The van der Waals surface area contributed by atoms with Gasteiger partial charge >= 0.3 is 5.76 Å². The summed E-state index contributed by atoms with van der Waals surface area (Å²) in [4.78, 5) is 27.5. The second kappa shape index (κ2) is 7.90. The van der Waals surface area contributed by atoms with Crippen LogP contribution in [0.15, 0.2) is 56.6 Å². The van der Waals surface area contributed by atoms with E-state index in [1.807, 2.05) is 31.2 Å². The molecule has 3 aromatic rings. The number of hydrogen-bond donors (Lipinski definition) is 0. The fourth-order valence-corrected chi connectivity index (χ4v) is 6.30. The molecule has 2 aliphatic rings. The van der Waals surface area contributed by atoms with Crippen molar-refractivity contribution in [1.82, 2.24) is 8.87 Å². The zero-order valence-corrected chi connectivity index (χ0v) is 18.7. The molecule has 1 fully saturated rings. The molecule has 2 aliphatic heterocycles. The van der Waals surface area contributed by atoms with Crippen LogP contribution in [0.4, 0.5) is 5.69 Å². The van der Waals surface area contributed by atoms with Crippen molar-refractivity contribution in [2.24, 2.45) is 0 Å². The molecular formula is C23H25N3O5S. The predicted molar refractivity (Wildman–Crippen MR) is 120 cm³/mol. The van der Waals surface area contributed by atoms with Crippen molar-refractivity contribution in [1.29, 1.82) is 0 Å². The van der Waals surface area contributed by atoms with Gasteiger partial charge in [-0.05, 0) is 49.9 Å². The van der Waals surface area contributed by atoms with E-state index in [2.05, 4.69) is 0 Å². The number of nitrogens with zero attached hydrogens (tertiary/aromatic N) is 3. The molecule has 8 nitrogen and oxygen atoms in total. The number of amides is 1. The highest BCUT2D eigenvalue weighted by molar-refractivity contribution is 7.89. The third kappa shape index (κ3) is 3.45. The topological polar surface area (TPSA) is 92.8 Å². The molecule has 3 heterocycles. The highest BCUT2D eigenvalue weighted by Gasteiger charge is 2.32. The summed E-state index contributed by atoms with van der Waals surface area (Å²) in [6, 6.07) is 12.2. The van der Waals surface area contributed by atoms with Gasteiger partial charge < -0.3 is 9.32 Å². The number of carbonyl (C=O) groups is 1. The molecule has 1 aromatic heterocycles. The van der Waals surface area contributed by atoms with Gasteiger partial charge in [0.25, 0.3) is 0 Å². The Kier molecular flexibility index (Phi) is 5.17. The molecule has 0 saturated carbocycles. The minimum atomic E-state index is -3.65. The van der Waals surface area contributed by atoms with E-state index >= 15 is 0 Å². The quantitative estimate of drug-likeness (QED) is 0.603. The monoisotopic (exact) mass is 455 g/mol. The first-order valence-corrected chi connectivity index (χ1v) is 12.3. The highest BCUT2D eigenvalue weighted by Crippen LogP contribution is 2.32.